The second kappa shape index (κ2) is 8.28. The molecule has 0 aliphatic heterocycles. The number of thioether (sulfide) groups is 1. The predicted octanol–water partition coefficient (Wildman–Crippen LogP) is 4.44. The summed E-state index contributed by atoms with van der Waals surface area (Å²) < 4.78 is 62.2. The normalized spacial score (nSPS) is 12.7. The van der Waals surface area contributed by atoms with Crippen LogP contribution < -0.4 is 0 Å². The monoisotopic (exact) mass is 415 g/mol. The fourth-order valence-electron chi connectivity index (χ4n) is 2.07. The molecule has 0 atom stereocenters. The van der Waals surface area contributed by atoms with Gasteiger partial charge >= 0.3 is 5.51 Å². The van der Waals surface area contributed by atoms with Crippen LogP contribution in [0.2, 0.25) is 0 Å². The minimum Gasteiger partial charge on any atom is -0.289 e. The third-order valence-electron chi connectivity index (χ3n) is 3.44. The van der Waals surface area contributed by atoms with Crippen LogP contribution in [0.25, 0.3) is 6.08 Å². The van der Waals surface area contributed by atoms with E-state index in [1.165, 1.54) is 74.8 Å². The number of halogens is 3. The zero-order valence-electron chi connectivity index (χ0n) is 14.4. The van der Waals surface area contributed by atoms with Gasteiger partial charge in [0, 0.05) is 24.6 Å². The maximum atomic E-state index is 12.3. The molecular weight excluding hydrogens is 399 g/mol. The summed E-state index contributed by atoms with van der Waals surface area (Å²) in [6.45, 7) is 0. The SMILES string of the molecule is CN(C)S(=O)(=O)c1cccc(C(=O)/C=C/c2ccc(SC(F)(F)F)cc2)c1. The average Bonchev–Trinajstić information content (AvgIpc) is 2.59. The molecule has 2 aromatic carbocycles. The number of benzene rings is 2. The molecule has 0 saturated heterocycles. The van der Waals surface area contributed by atoms with E-state index in [1.54, 1.807) is 0 Å². The Bertz CT molecular complexity index is 951. The summed E-state index contributed by atoms with van der Waals surface area (Å²) in [5, 5.41) is 0. The van der Waals surface area contributed by atoms with Gasteiger partial charge in [-0.1, -0.05) is 30.3 Å². The number of allylic oxidation sites excluding steroid dienone is 1. The van der Waals surface area contributed by atoms with E-state index in [-0.39, 0.29) is 27.1 Å². The van der Waals surface area contributed by atoms with Crippen LogP contribution in [0.4, 0.5) is 13.2 Å². The largest absolute Gasteiger partial charge is 0.446 e. The first-order valence-corrected chi connectivity index (χ1v) is 9.85. The molecule has 0 amide bonds. The highest BCUT2D eigenvalue weighted by molar-refractivity contribution is 8.00. The van der Waals surface area contributed by atoms with Gasteiger partial charge in [0.05, 0.1) is 4.90 Å². The number of ketones is 1. The molecule has 0 aromatic heterocycles. The summed E-state index contributed by atoms with van der Waals surface area (Å²) >= 11 is -0.215. The fraction of sp³-hybridized carbons (Fsp3) is 0.167. The van der Waals surface area contributed by atoms with Gasteiger partial charge in [-0.05, 0) is 47.7 Å². The number of rotatable bonds is 6. The van der Waals surface area contributed by atoms with Crippen molar-refractivity contribution in [1.29, 1.82) is 0 Å². The summed E-state index contributed by atoms with van der Waals surface area (Å²) in [4.78, 5) is 12.3. The van der Waals surface area contributed by atoms with Crippen molar-refractivity contribution < 1.29 is 26.4 Å². The van der Waals surface area contributed by atoms with Gasteiger partial charge < -0.3 is 0 Å². The van der Waals surface area contributed by atoms with Gasteiger partial charge in [0.15, 0.2) is 5.78 Å². The number of hydrogen-bond donors (Lipinski definition) is 0. The second-order valence-corrected chi connectivity index (χ2v) is 8.92. The Morgan fingerprint density at radius 1 is 1.07 bits per heavy atom. The topological polar surface area (TPSA) is 54.5 Å². The number of hydrogen-bond acceptors (Lipinski definition) is 4. The first-order chi connectivity index (χ1) is 12.5. The van der Waals surface area contributed by atoms with Crippen molar-refractivity contribution in [1.82, 2.24) is 4.31 Å². The minimum atomic E-state index is -4.36. The molecule has 4 nitrogen and oxygen atoms in total. The minimum absolute atomic E-state index is 0.000258. The number of nitrogens with zero attached hydrogens (tertiary/aromatic N) is 1. The van der Waals surface area contributed by atoms with Gasteiger partial charge in [-0.3, -0.25) is 4.79 Å². The number of carbonyl (C=O) groups is 1. The lowest BCUT2D eigenvalue weighted by atomic mass is 10.1. The quantitative estimate of drug-likeness (QED) is 0.398. The van der Waals surface area contributed by atoms with Crippen molar-refractivity contribution in [2.75, 3.05) is 14.1 Å². The maximum absolute atomic E-state index is 12.3. The van der Waals surface area contributed by atoms with Crippen LogP contribution in [0.1, 0.15) is 15.9 Å². The highest BCUT2D eigenvalue weighted by Crippen LogP contribution is 2.36. The van der Waals surface area contributed by atoms with Gasteiger partial charge in [0.2, 0.25) is 10.0 Å². The number of carbonyl (C=O) groups excluding carboxylic acids is 1. The molecule has 0 aliphatic rings. The molecule has 2 aromatic rings. The van der Waals surface area contributed by atoms with Crippen molar-refractivity contribution in [2.24, 2.45) is 0 Å². The van der Waals surface area contributed by atoms with E-state index in [9.17, 15) is 26.4 Å². The van der Waals surface area contributed by atoms with E-state index in [0.29, 0.717) is 5.56 Å². The first-order valence-electron chi connectivity index (χ1n) is 7.60. The van der Waals surface area contributed by atoms with E-state index in [1.807, 2.05) is 0 Å². The van der Waals surface area contributed by atoms with Crippen LogP contribution in [0.5, 0.6) is 0 Å². The van der Waals surface area contributed by atoms with E-state index in [4.69, 9.17) is 0 Å². The molecule has 0 fully saturated rings. The lowest BCUT2D eigenvalue weighted by Gasteiger charge is -2.11. The molecule has 0 saturated carbocycles. The Hall–Kier alpha value is -2.10. The lowest BCUT2D eigenvalue weighted by Crippen LogP contribution is -2.22. The molecule has 27 heavy (non-hydrogen) atoms. The maximum Gasteiger partial charge on any atom is 0.446 e. The Labute approximate surface area is 159 Å². The molecule has 9 heteroatoms. The highest BCUT2D eigenvalue weighted by atomic mass is 32.2. The van der Waals surface area contributed by atoms with E-state index < -0.39 is 21.3 Å². The van der Waals surface area contributed by atoms with Crippen LogP contribution in [0.15, 0.2) is 64.4 Å². The van der Waals surface area contributed by atoms with Crippen LogP contribution in [0.3, 0.4) is 0 Å². The average molecular weight is 415 g/mol. The third kappa shape index (κ3) is 5.95. The van der Waals surface area contributed by atoms with Gasteiger partial charge in [0.25, 0.3) is 0 Å². The van der Waals surface area contributed by atoms with Gasteiger partial charge in [-0.2, -0.15) is 13.2 Å². The number of sulfonamides is 1. The molecule has 0 radical (unpaired) electrons. The van der Waals surface area contributed by atoms with Crippen molar-refractivity contribution in [3.8, 4) is 0 Å². The third-order valence-corrected chi connectivity index (χ3v) is 5.99. The molecule has 0 heterocycles. The molecule has 0 spiro atoms. The summed E-state index contributed by atoms with van der Waals surface area (Å²) in [7, 11) is -0.870. The molecule has 0 N–H and O–H groups in total. The van der Waals surface area contributed by atoms with Crippen LogP contribution in [0, 0.1) is 0 Å². The van der Waals surface area contributed by atoms with Crippen LogP contribution in [-0.2, 0) is 10.0 Å². The molecule has 0 aliphatic carbocycles. The molecule has 0 bridgehead atoms. The van der Waals surface area contributed by atoms with Crippen molar-refractivity contribution in [3.05, 3.63) is 65.7 Å². The Kier molecular flexibility index (Phi) is 6.50. The smallest absolute Gasteiger partial charge is 0.289 e. The van der Waals surface area contributed by atoms with Crippen molar-refractivity contribution in [3.63, 3.8) is 0 Å². The highest BCUT2D eigenvalue weighted by Gasteiger charge is 2.28. The zero-order chi connectivity index (χ0) is 20.2. The van der Waals surface area contributed by atoms with Crippen LogP contribution >= 0.6 is 11.8 Å². The summed E-state index contributed by atoms with van der Waals surface area (Å²) in [6, 6.07) is 11.2. The van der Waals surface area contributed by atoms with Gasteiger partial charge in [-0.25, -0.2) is 12.7 Å². The Morgan fingerprint density at radius 2 is 1.70 bits per heavy atom. The fourth-order valence-corrected chi connectivity index (χ4v) is 3.56. The molecular formula is C18H16F3NO3S2. The van der Waals surface area contributed by atoms with E-state index in [0.717, 1.165) is 4.31 Å². The second-order valence-electron chi connectivity index (χ2n) is 5.63. The molecule has 2 rings (SSSR count). The lowest BCUT2D eigenvalue weighted by molar-refractivity contribution is -0.0328. The first kappa shape index (κ1) is 21.2. The molecule has 144 valence electrons. The summed E-state index contributed by atoms with van der Waals surface area (Å²) in [5.41, 5.74) is -3.61. The molecule has 0 unspecified atom stereocenters. The van der Waals surface area contributed by atoms with Gasteiger partial charge in [0.1, 0.15) is 0 Å². The van der Waals surface area contributed by atoms with Crippen LogP contribution in [-0.4, -0.2) is 38.1 Å². The van der Waals surface area contributed by atoms with E-state index in [2.05, 4.69) is 0 Å². The van der Waals surface area contributed by atoms with Crippen molar-refractivity contribution >= 4 is 33.6 Å². The Balaban J connectivity index is 2.15. The Morgan fingerprint density at radius 3 is 2.26 bits per heavy atom. The predicted molar refractivity (Wildman–Crippen MR) is 99.0 cm³/mol. The van der Waals surface area contributed by atoms with E-state index >= 15 is 0 Å². The summed E-state index contributed by atoms with van der Waals surface area (Å²) in [5.74, 6) is -0.417. The zero-order valence-corrected chi connectivity index (χ0v) is 16.0. The standard InChI is InChI=1S/C18H16F3NO3S2/c1-22(2)27(24,25)16-5-3-4-14(12-16)17(23)11-8-13-6-9-15(10-7-13)26-18(19,20)21/h3-12H,1-2H3/b11-8+. The van der Waals surface area contributed by atoms with Crippen molar-refractivity contribution in [2.45, 2.75) is 15.3 Å². The number of alkyl halides is 3. The summed E-state index contributed by atoms with van der Waals surface area (Å²) in [6.07, 6.45) is 2.70. The van der Waals surface area contributed by atoms with Gasteiger partial charge in [-0.15, -0.1) is 0 Å².